The van der Waals surface area contributed by atoms with Crippen LogP contribution in [0, 0.1) is 0 Å². The van der Waals surface area contributed by atoms with E-state index in [0.717, 1.165) is 51.4 Å². The third-order valence-corrected chi connectivity index (χ3v) is 6.90. The van der Waals surface area contributed by atoms with Crippen molar-refractivity contribution < 1.29 is 25.2 Å². The Morgan fingerprint density at radius 2 is 1.18 bits per heavy atom. The number of carbonyl (C=O) groups is 1. The summed E-state index contributed by atoms with van der Waals surface area (Å²) in [6, 6.07) is -1.00. The Labute approximate surface area is 233 Å². The van der Waals surface area contributed by atoms with E-state index in [-0.39, 0.29) is 0 Å². The van der Waals surface area contributed by atoms with Crippen LogP contribution in [0.1, 0.15) is 129 Å². The maximum absolute atomic E-state index is 12.3. The zero-order chi connectivity index (χ0) is 28.3. The highest BCUT2D eigenvalue weighted by atomic mass is 16.3. The Hall–Kier alpha value is -1.47. The van der Waals surface area contributed by atoms with Crippen LogP contribution in [0.2, 0.25) is 0 Å². The third-order valence-electron chi connectivity index (χ3n) is 6.90. The molecule has 0 aromatic carbocycles. The number of aliphatic hydroxyl groups excluding tert-OH is 4. The maximum Gasteiger partial charge on any atom is 0.249 e. The van der Waals surface area contributed by atoms with Gasteiger partial charge in [-0.2, -0.15) is 0 Å². The Kier molecular flexibility index (Phi) is 26.1. The van der Waals surface area contributed by atoms with Gasteiger partial charge >= 0.3 is 0 Å². The summed E-state index contributed by atoms with van der Waals surface area (Å²) >= 11 is 0. The quantitative estimate of drug-likeness (QED) is 0.0659. The summed E-state index contributed by atoms with van der Waals surface area (Å²) in [5, 5.41) is 43.0. The van der Waals surface area contributed by atoms with Gasteiger partial charge in [0.2, 0.25) is 5.91 Å². The summed E-state index contributed by atoms with van der Waals surface area (Å²) in [7, 11) is 0. The molecule has 0 aliphatic heterocycles. The van der Waals surface area contributed by atoms with Gasteiger partial charge in [0, 0.05) is 0 Å². The third kappa shape index (κ3) is 21.5. The highest BCUT2D eigenvalue weighted by Gasteiger charge is 2.28. The zero-order valence-corrected chi connectivity index (χ0v) is 24.4. The van der Waals surface area contributed by atoms with Crippen molar-refractivity contribution in [2.24, 2.45) is 0 Å². The summed E-state index contributed by atoms with van der Waals surface area (Å²) in [5.41, 5.74) is 0. The molecule has 0 radical (unpaired) electrons. The number of aliphatic hydroxyl groups is 4. The second-order valence-electron chi connectivity index (χ2n) is 10.4. The first-order valence-corrected chi connectivity index (χ1v) is 15.3. The lowest BCUT2D eigenvalue weighted by atomic mass is 10.00. The number of unbranched alkanes of at least 4 members (excludes halogenated alkanes) is 12. The average Bonchev–Trinajstić information content (AvgIpc) is 2.92. The molecule has 0 aromatic rings. The van der Waals surface area contributed by atoms with E-state index in [4.69, 9.17) is 0 Å². The topological polar surface area (TPSA) is 110 Å². The van der Waals surface area contributed by atoms with Crippen LogP contribution in [-0.2, 0) is 4.79 Å². The van der Waals surface area contributed by atoms with Crippen molar-refractivity contribution in [2.75, 3.05) is 6.61 Å². The molecule has 1 amide bonds. The van der Waals surface area contributed by atoms with Crippen LogP contribution in [0.15, 0.2) is 36.5 Å². The summed E-state index contributed by atoms with van der Waals surface area (Å²) in [6.45, 7) is 3.75. The van der Waals surface area contributed by atoms with Crippen LogP contribution in [0.3, 0.4) is 0 Å². The van der Waals surface area contributed by atoms with E-state index in [2.05, 4.69) is 48.7 Å². The normalized spacial score (nSPS) is 15.4. The molecule has 0 saturated carbocycles. The standard InChI is InChI=1S/C32H59NO5/c1-3-5-7-9-11-13-15-16-18-19-21-23-25-29(35)31(37)28(27-34)33-32(38)30(36)26-24-22-20-17-14-12-10-8-6-4-2/h3,5,11,13,18-19,28-31,34-37H,4,6-10,12,14-17,20-27H2,1-2H3,(H,33,38)/b5-3+,13-11+,19-18+. The molecule has 4 unspecified atom stereocenters. The van der Waals surface area contributed by atoms with Crippen molar-refractivity contribution in [2.45, 2.75) is 154 Å². The lowest BCUT2D eigenvalue weighted by Crippen LogP contribution is -2.53. The van der Waals surface area contributed by atoms with Crippen molar-refractivity contribution in [3.63, 3.8) is 0 Å². The minimum absolute atomic E-state index is 0.359. The van der Waals surface area contributed by atoms with Gasteiger partial charge in [-0.3, -0.25) is 4.79 Å². The number of amides is 1. The number of rotatable bonds is 26. The molecule has 6 heteroatoms. The number of hydrogen-bond acceptors (Lipinski definition) is 5. The molecule has 5 N–H and O–H groups in total. The fourth-order valence-corrected chi connectivity index (χ4v) is 4.38. The number of carbonyl (C=O) groups excluding carboxylic acids is 1. The fourth-order valence-electron chi connectivity index (χ4n) is 4.38. The second kappa shape index (κ2) is 27.1. The Morgan fingerprint density at radius 3 is 1.71 bits per heavy atom. The molecule has 222 valence electrons. The van der Waals surface area contributed by atoms with Gasteiger partial charge < -0.3 is 25.7 Å². The van der Waals surface area contributed by atoms with E-state index in [1.807, 2.05) is 6.92 Å². The first-order chi connectivity index (χ1) is 18.5. The lowest BCUT2D eigenvalue weighted by molar-refractivity contribution is -0.132. The first-order valence-electron chi connectivity index (χ1n) is 15.3. The summed E-state index contributed by atoms with van der Waals surface area (Å²) in [5.74, 6) is -0.606. The van der Waals surface area contributed by atoms with Crippen molar-refractivity contribution in [3.8, 4) is 0 Å². The zero-order valence-electron chi connectivity index (χ0n) is 24.4. The van der Waals surface area contributed by atoms with Crippen LogP contribution in [0.25, 0.3) is 0 Å². The van der Waals surface area contributed by atoms with Gasteiger partial charge in [0.25, 0.3) is 0 Å². The molecule has 0 aliphatic carbocycles. The second-order valence-corrected chi connectivity index (χ2v) is 10.4. The molecule has 38 heavy (non-hydrogen) atoms. The van der Waals surface area contributed by atoms with Crippen molar-refractivity contribution in [1.82, 2.24) is 5.32 Å². The molecule has 0 saturated heterocycles. The molecule has 4 atom stereocenters. The highest BCUT2D eigenvalue weighted by molar-refractivity contribution is 5.80. The number of hydrogen-bond donors (Lipinski definition) is 5. The molecule has 0 aliphatic rings. The van der Waals surface area contributed by atoms with Gasteiger partial charge in [-0.1, -0.05) is 108 Å². The summed E-state index contributed by atoms with van der Waals surface area (Å²) < 4.78 is 0. The average molecular weight is 538 g/mol. The maximum atomic E-state index is 12.3. The van der Waals surface area contributed by atoms with Gasteiger partial charge in [-0.05, 0) is 58.3 Å². The monoisotopic (exact) mass is 537 g/mol. The van der Waals surface area contributed by atoms with E-state index in [1.165, 1.54) is 44.9 Å². The predicted molar refractivity (Wildman–Crippen MR) is 159 cm³/mol. The molecule has 0 rings (SSSR count). The minimum Gasteiger partial charge on any atom is -0.394 e. The van der Waals surface area contributed by atoms with E-state index in [9.17, 15) is 25.2 Å². The van der Waals surface area contributed by atoms with E-state index in [0.29, 0.717) is 19.3 Å². The van der Waals surface area contributed by atoms with E-state index >= 15 is 0 Å². The van der Waals surface area contributed by atoms with Gasteiger partial charge in [0.05, 0.1) is 18.8 Å². The summed E-state index contributed by atoms with van der Waals surface area (Å²) in [6.07, 6.45) is 27.5. The van der Waals surface area contributed by atoms with Crippen LogP contribution >= 0.6 is 0 Å². The molecule has 6 nitrogen and oxygen atoms in total. The lowest BCUT2D eigenvalue weighted by Gasteiger charge is -2.27. The predicted octanol–water partition coefficient (Wildman–Crippen LogP) is 6.28. The van der Waals surface area contributed by atoms with E-state index < -0.39 is 36.9 Å². The molecule has 0 aromatic heterocycles. The van der Waals surface area contributed by atoms with Crippen molar-refractivity contribution >= 4 is 5.91 Å². The molecular formula is C32H59NO5. The van der Waals surface area contributed by atoms with Gasteiger partial charge in [0.15, 0.2) is 0 Å². The van der Waals surface area contributed by atoms with Gasteiger partial charge in [-0.25, -0.2) is 0 Å². The van der Waals surface area contributed by atoms with Crippen molar-refractivity contribution in [1.29, 1.82) is 0 Å². The van der Waals surface area contributed by atoms with Crippen LogP contribution in [-0.4, -0.2) is 57.3 Å². The SMILES string of the molecule is C/C=C/CC/C=C/CC/C=C/CCCC(O)C(O)C(CO)NC(=O)C(O)CCCCCCCCCCCC. The number of nitrogens with one attached hydrogen (secondary N) is 1. The Balaban J connectivity index is 4.01. The minimum atomic E-state index is -1.29. The molecule has 0 bridgehead atoms. The molecule has 0 heterocycles. The molecule has 0 spiro atoms. The van der Waals surface area contributed by atoms with E-state index in [1.54, 1.807) is 0 Å². The van der Waals surface area contributed by atoms with Crippen LogP contribution in [0.4, 0.5) is 0 Å². The van der Waals surface area contributed by atoms with Gasteiger partial charge in [0.1, 0.15) is 12.2 Å². The molecule has 0 fully saturated rings. The molecular weight excluding hydrogens is 478 g/mol. The largest absolute Gasteiger partial charge is 0.394 e. The van der Waals surface area contributed by atoms with Gasteiger partial charge in [-0.15, -0.1) is 0 Å². The number of allylic oxidation sites excluding steroid dienone is 6. The Morgan fingerprint density at radius 1 is 0.684 bits per heavy atom. The fraction of sp³-hybridized carbons (Fsp3) is 0.781. The van der Waals surface area contributed by atoms with Crippen LogP contribution in [0.5, 0.6) is 0 Å². The highest BCUT2D eigenvalue weighted by Crippen LogP contribution is 2.13. The van der Waals surface area contributed by atoms with Crippen molar-refractivity contribution in [3.05, 3.63) is 36.5 Å². The van der Waals surface area contributed by atoms with Crippen LogP contribution < -0.4 is 5.32 Å². The summed E-state index contributed by atoms with van der Waals surface area (Å²) in [4.78, 5) is 12.3. The first kappa shape index (κ1) is 36.5. The smallest absolute Gasteiger partial charge is 0.249 e. The Bertz CT molecular complexity index is 619.